The molecule has 1 aliphatic rings. The Kier molecular flexibility index (Phi) is 4.04. The van der Waals surface area contributed by atoms with Crippen LogP contribution in [-0.4, -0.2) is 53.5 Å². The maximum absolute atomic E-state index is 11.8. The second-order valence-corrected chi connectivity index (χ2v) is 3.86. The molecule has 1 saturated heterocycles. The first-order chi connectivity index (χ1) is 8.79. The second-order valence-electron chi connectivity index (χ2n) is 3.86. The third kappa shape index (κ3) is 3.15. The zero-order valence-corrected chi connectivity index (χ0v) is 9.89. The van der Waals surface area contributed by atoms with E-state index in [1.807, 2.05) is 6.07 Å². The van der Waals surface area contributed by atoms with Gasteiger partial charge in [-0.3, -0.25) is 4.79 Å². The van der Waals surface area contributed by atoms with Crippen LogP contribution in [0, 0.1) is 11.3 Å². The molecule has 2 rings (SSSR count). The maximum atomic E-state index is 11.8. The Balaban J connectivity index is 1.86. The number of carbonyl (C=O) groups is 1. The van der Waals surface area contributed by atoms with E-state index in [4.69, 9.17) is 5.26 Å². The highest BCUT2D eigenvalue weighted by Crippen LogP contribution is 2.00. The van der Waals surface area contributed by atoms with Crippen LogP contribution in [0.3, 0.4) is 0 Å². The smallest absolute Gasteiger partial charge is 0.242 e. The second kappa shape index (κ2) is 5.93. The molecule has 1 aromatic heterocycles. The van der Waals surface area contributed by atoms with E-state index in [2.05, 4.69) is 20.6 Å². The molecule has 0 saturated carbocycles. The summed E-state index contributed by atoms with van der Waals surface area (Å²) in [5, 5.41) is 14.7. The lowest BCUT2D eigenvalue weighted by Gasteiger charge is -2.27. The third-order valence-corrected chi connectivity index (χ3v) is 2.64. The molecule has 1 amide bonds. The van der Waals surface area contributed by atoms with Crippen LogP contribution in [0.5, 0.6) is 0 Å². The number of amides is 1. The van der Waals surface area contributed by atoms with Gasteiger partial charge in [-0.05, 0) is 6.07 Å². The van der Waals surface area contributed by atoms with E-state index in [-0.39, 0.29) is 18.1 Å². The van der Waals surface area contributed by atoms with Gasteiger partial charge in [-0.2, -0.15) is 5.26 Å². The summed E-state index contributed by atoms with van der Waals surface area (Å²) >= 11 is 0. The molecule has 7 heteroatoms. The fraction of sp³-hybridized carbons (Fsp3) is 0.455. The Morgan fingerprint density at radius 1 is 1.56 bits per heavy atom. The van der Waals surface area contributed by atoms with Crippen molar-refractivity contribution in [1.29, 1.82) is 5.26 Å². The van der Waals surface area contributed by atoms with Crippen LogP contribution in [0.4, 0.5) is 5.95 Å². The fourth-order valence-corrected chi connectivity index (χ4v) is 1.69. The molecular formula is C11H14N6O. The molecule has 1 aromatic rings. The summed E-state index contributed by atoms with van der Waals surface area (Å²) in [6.45, 7) is 3.24. The predicted molar refractivity (Wildman–Crippen MR) is 64.7 cm³/mol. The molecule has 0 radical (unpaired) electrons. The van der Waals surface area contributed by atoms with Gasteiger partial charge < -0.3 is 15.5 Å². The number of anilines is 1. The average molecular weight is 246 g/mol. The summed E-state index contributed by atoms with van der Waals surface area (Å²) in [5.41, 5.74) is 0.280. The quantitative estimate of drug-likeness (QED) is 0.724. The van der Waals surface area contributed by atoms with Crippen LogP contribution in [0.1, 0.15) is 5.69 Å². The lowest BCUT2D eigenvalue weighted by Crippen LogP contribution is -2.48. The Morgan fingerprint density at radius 2 is 2.33 bits per heavy atom. The van der Waals surface area contributed by atoms with Gasteiger partial charge in [-0.25, -0.2) is 9.97 Å². The predicted octanol–water partition coefficient (Wildman–Crippen LogP) is -0.808. The van der Waals surface area contributed by atoms with Gasteiger partial charge >= 0.3 is 0 Å². The average Bonchev–Trinajstić information content (AvgIpc) is 2.46. The summed E-state index contributed by atoms with van der Waals surface area (Å²) in [4.78, 5) is 21.5. The SMILES string of the molecule is N#Cc1ccnc(NCC(=O)N2CCNCC2)n1. The Hall–Kier alpha value is -2.20. The lowest BCUT2D eigenvalue weighted by molar-refractivity contribution is -0.129. The van der Waals surface area contributed by atoms with Crippen molar-refractivity contribution >= 4 is 11.9 Å². The Labute approximate surface area is 105 Å². The fourth-order valence-electron chi connectivity index (χ4n) is 1.69. The number of carbonyl (C=O) groups excluding carboxylic acids is 1. The van der Waals surface area contributed by atoms with E-state index in [9.17, 15) is 4.79 Å². The molecule has 0 aromatic carbocycles. The van der Waals surface area contributed by atoms with Crippen molar-refractivity contribution in [3.8, 4) is 6.07 Å². The molecule has 0 spiro atoms. The molecule has 94 valence electrons. The van der Waals surface area contributed by atoms with Gasteiger partial charge in [0.2, 0.25) is 11.9 Å². The van der Waals surface area contributed by atoms with Crippen LogP contribution in [0.15, 0.2) is 12.3 Å². The van der Waals surface area contributed by atoms with Crippen LogP contribution in [0.2, 0.25) is 0 Å². The number of aromatic nitrogens is 2. The molecule has 0 unspecified atom stereocenters. The van der Waals surface area contributed by atoms with E-state index in [1.165, 1.54) is 12.3 Å². The number of nitrogens with zero attached hydrogens (tertiary/aromatic N) is 4. The summed E-state index contributed by atoms with van der Waals surface area (Å²) in [6, 6.07) is 3.44. The highest BCUT2D eigenvalue weighted by atomic mass is 16.2. The first-order valence-electron chi connectivity index (χ1n) is 5.75. The van der Waals surface area contributed by atoms with Crippen molar-refractivity contribution in [1.82, 2.24) is 20.2 Å². The van der Waals surface area contributed by atoms with Gasteiger partial charge in [0.1, 0.15) is 11.8 Å². The number of rotatable bonds is 3. The van der Waals surface area contributed by atoms with Crippen molar-refractivity contribution < 1.29 is 4.79 Å². The monoisotopic (exact) mass is 246 g/mol. The minimum absolute atomic E-state index is 0.0162. The summed E-state index contributed by atoms with van der Waals surface area (Å²) in [6.07, 6.45) is 1.49. The molecule has 1 aliphatic heterocycles. The molecule has 0 bridgehead atoms. The van der Waals surface area contributed by atoms with Gasteiger partial charge in [-0.15, -0.1) is 0 Å². The largest absolute Gasteiger partial charge is 0.345 e. The number of nitrogens with one attached hydrogen (secondary N) is 2. The van der Waals surface area contributed by atoms with Crippen molar-refractivity contribution in [3.05, 3.63) is 18.0 Å². The zero-order valence-electron chi connectivity index (χ0n) is 9.89. The van der Waals surface area contributed by atoms with Crippen molar-refractivity contribution in [3.63, 3.8) is 0 Å². The Morgan fingerprint density at radius 3 is 3.06 bits per heavy atom. The van der Waals surface area contributed by atoms with Crippen molar-refractivity contribution in [2.24, 2.45) is 0 Å². The standard InChI is InChI=1S/C11H14N6O/c12-7-9-1-2-14-11(16-9)15-8-10(18)17-5-3-13-4-6-17/h1-2,13H,3-6,8H2,(H,14,15,16). The van der Waals surface area contributed by atoms with E-state index in [0.717, 1.165) is 26.2 Å². The van der Waals surface area contributed by atoms with Crippen LogP contribution in [0.25, 0.3) is 0 Å². The van der Waals surface area contributed by atoms with E-state index in [0.29, 0.717) is 5.95 Å². The number of nitriles is 1. The van der Waals surface area contributed by atoms with Crippen LogP contribution in [-0.2, 0) is 4.79 Å². The molecule has 0 atom stereocenters. The molecule has 1 fully saturated rings. The topological polar surface area (TPSA) is 93.9 Å². The zero-order chi connectivity index (χ0) is 12.8. The third-order valence-electron chi connectivity index (χ3n) is 2.64. The lowest BCUT2D eigenvalue weighted by atomic mass is 10.3. The molecule has 2 N–H and O–H groups in total. The summed E-state index contributed by atoms with van der Waals surface area (Å²) in [7, 11) is 0. The van der Waals surface area contributed by atoms with Gasteiger partial charge in [-0.1, -0.05) is 0 Å². The number of piperazine rings is 1. The highest BCUT2D eigenvalue weighted by Gasteiger charge is 2.15. The number of hydrogen-bond acceptors (Lipinski definition) is 6. The minimum Gasteiger partial charge on any atom is -0.345 e. The molecule has 18 heavy (non-hydrogen) atoms. The van der Waals surface area contributed by atoms with Gasteiger partial charge in [0.15, 0.2) is 0 Å². The van der Waals surface area contributed by atoms with Gasteiger partial charge in [0.25, 0.3) is 0 Å². The van der Waals surface area contributed by atoms with E-state index < -0.39 is 0 Å². The van der Waals surface area contributed by atoms with Gasteiger partial charge in [0.05, 0.1) is 6.54 Å². The van der Waals surface area contributed by atoms with Crippen molar-refractivity contribution in [2.45, 2.75) is 0 Å². The Bertz CT molecular complexity index is 463. The molecule has 7 nitrogen and oxygen atoms in total. The van der Waals surface area contributed by atoms with E-state index in [1.54, 1.807) is 4.90 Å². The number of hydrogen-bond donors (Lipinski definition) is 2. The summed E-state index contributed by atoms with van der Waals surface area (Å²) < 4.78 is 0. The normalized spacial score (nSPS) is 14.9. The van der Waals surface area contributed by atoms with Crippen LogP contribution >= 0.6 is 0 Å². The highest BCUT2D eigenvalue weighted by molar-refractivity contribution is 5.80. The van der Waals surface area contributed by atoms with E-state index >= 15 is 0 Å². The van der Waals surface area contributed by atoms with Crippen molar-refractivity contribution in [2.75, 3.05) is 38.0 Å². The molecular weight excluding hydrogens is 232 g/mol. The van der Waals surface area contributed by atoms with Gasteiger partial charge in [0, 0.05) is 32.4 Å². The molecule has 0 aliphatic carbocycles. The molecule has 2 heterocycles. The first-order valence-corrected chi connectivity index (χ1v) is 5.75. The minimum atomic E-state index is 0.0162. The summed E-state index contributed by atoms with van der Waals surface area (Å²) in [5.74, 6) is 0.319. The maximum Gasteiger partial charge on any atom is 0.242 e. The first kappa shape index (κ1) is 12.3. The van der Waals surface area contributed by atoms with Crippen LogP contribution < -0.4 is 10.6 Å².